The zero-order valence-electron chi connectivity index (χ0n) is 10.1. The van der Waals surface area contributed by atoms with Gasteiger partial charge in [-0.15, -0.1) is 22.9 Å². The topological polar surface area (TPSA) is 30.7 Å². The van der Waals surface area contributed by atoms with E-state index in [0.717, 1.165) is 29.4 Å². The number of aromatic nitrogens is 3. The van der Waals surface area contributed by atoms with Crippen molar-refractivity contribution in [3.63, 3.8) is 0 Å². The quantitative estimate of drug-likeness (QED) is 0.776. The minimum absolute atomic E-state index is 0.286. The first-order chi connectivity index (χ1) is 8.30. The van der Waals surface area contributed by atoms with Crippen LogP contribution in [0.25, 0.3) is 0 Å². The van der Waals surface area contributed by atoms with Crippen LogP contribution in [0, 0.1) is 0 Å². The van der Waals surface area contributed by atoms with Crippen molar-refractivity contribution in [1.29, 1.82) is 0 Å². The van der Waals surface area contributed by atoms with Gasteiger partial charge in [0, 0.05) is 24.2 Å². The third kappa shape index (κ3) is 2.53. The monoisotopic (exact) mass is 269 g/mol. The lowest BCUT2D eigenvalue weighted by atomic mass is 10.2. The Hall–Kier alpha value is -0.870. The first-order valence-electron chi connectivity index (χ1n) is 5.82. The molecule has 3 nitrogen and oxygen atoms in total. The fourth-order valence-electron chi connectivity index (χ4n) is 1.93. The molecule has 1 atom stereocenters. The molecule has 0 radical (unpaired) electrons. The summed E-state index contributed by atoms with van der Waals surface area (Å²) >= 11 is 7.48. The van der Waals surface area contributed by atoms with E-state index in [1.165, 1.54) is 0 Å². The second-order valence-electron chi connectivity index (χ2n) is 3.84. The maximum absolute atomic E-state index is 5.80. The Labute approximate surface area is 110 Å². The number of thiazole rings is 1. The highest BCUT2D eigenvalue weighted by atomic mass is 35.5. The lowest BCUT2D eigenvalue weighted by Crippen LogP contribution is -2.11. The average molecular weight is 270 g/mol. The van der Waals surface area contributed by atoms with Gasteiger partial charge in [0.15, 0.2) is 0 Å². The van der Waals surface area contributed by atoms with Gasteiger partial charge in [0.1, 0.15) is 10.8 Å². The Morgan fingerprint density at radius 3 is 2.88 bits per heavy atom. The number of nitrogens with zero attached hydrogens (tertiary/aromatic N) is 3. The summed E-state index contributed by atoms with van der Waals surface area (Å²) in [4.78, 5) is 8.94. The van der Waals surface area contributed by atoms with E-state index >= 15 is 0 Å². The molecule has 5 heteroatoms. The van der Waals surface area contributed by atoms with Crippen LogP contribution in [-0.2, 0) is 12.3 Å². The van der Waals surface area contributed by atoms with E-state index in [-0.39, 0.29) is 6.04 Å². The summed E-state index contributed by atoms with van der Waals surface area (Å²) in [6, 6.07) is 0.286. The van der Waals surface area contributed by atoms with E-state index in [2.05, 4.69) is 28.4 Å². The summed E-state index contributed by atoms with van der Waals surface area (Å²) in [7, 11) is 0. The largest absolute Gasteiger partial charge is 0.325 e. The maximum Gasteiger partial charge on any atom is 0.116 e. The lowest BCUT2D eigenvalue weighted by Gasteiger charge is -2.16. The van der Waals surface area contributed by atoms with Crippen LogP contribution in [-0.4, -0.2) is 14.5 Å². The summed E-state index contributed by atoms with van der Waals surface area (Å²) in [6.07, 6.45) is 5.85. The van der Waals surface area contributed by atoms with Crippen molar-refractivity contribution in [3.8, 4) is 0 Å². The molecule has 0 bridgehead atoms. The Balaban J connectivity index is 2.33. The Morgan fingerprint density at radius 1 is 1.47 bits per heavy atom. The highest BCUT2D eigenvalue weighted by Gasteiger charge is 2.17. The molecule has 0 aliphatic rings. The van der Waals surface area contributed by atoms with Crippen LogP contribution in [0.15, 0.2) is 17.8 Å². The van der Waals surface area contributed by atoms with Crippen molar-refractivity contribution < 1.29 is 0 Å². The zero-order valence-corrected chi connectivity index (χ0v) is 11.6. The average Bonchev–Trinajstić information content (AvgIpc) is 2.99. The van der Waals surface area contributed by atoms with Crippen LogP contribution in [0.2, 0.25) is 0 Å². The van der Waals surface area contributed by atoms with Crippen LogP contribution in [0.3, 0.4) is 0 Å². The number of hydrogen-bond donors (Lipinski definition) is 0. The number of hydrogen-bond acceptors (Lipinski definition) is 3. The van der Waals surface area contributed by atoms with Gasteiger partial charge < -0.3 is 4.57 Å². The van der Waals surface area contributed by atoms with Crippen LogP contribution in [0.1, 0.15) is 42.8 Å². The van der Waals surface area contributed by atoms with Gasteiger partial charge in [-0.05, 0) is 6.42 Å². The molecule has 2 aromatic rings. The molecule has 0 saturated heterocycles. The molecule has 0 fully saturated rings. The van der Waals surface area contributed by atoms with Crippen LogP contribution >= 0.6 is 22.9 Å². The Morgan fingerprint density at radius 2 is 2.29 bits per heavy atom. The first-order valence-corrected chi connectivity index (χ1v) is 7.23. The van der Waals surface area contributed by atoms with Crippen molar-refractivity contribution in [3.05, 3.63) is 34.3 Å². The number of imidazole rings is 1. The third-order valence-corrected chi connectivity index (χ3v) is 4.05. The number of aryl methyl sites for hydroxylation is 1. The summed E-state index contributed by atoms with van der Waals surface area (Å²) in [5, 5.41) is 3.16. The van der Waals surface area contributed by atoms with Crippen molar-refractivity contribution in [2.45, 2.75) is 38.6 Å². The molecular weight excluding hydrogens is 254 g/mol. The summed E-state index contributed by atoms with van der Waals surface area (Å²) in [5.74, 6) is 1.59. The highest BCUT2D eigenvalue weighted by Crippen LogP contribution is 2.26. The molecule has 0 N–H and O–H groups in total. The molecule has 0 aliphatic carbocycles. The lowest BCUT2D eigenvalue weighted by molar-refractivity contribution is 0.540. The predicted molar refractivity (Wildman–Crippen MR) is 71.7 cm³/mol. The second-order valence-corrected chi connectivity index (χ2v) is 5.00. The SMILES string of the molecule is CCc1nccn1C(CC)c1nc(CCl)cs1. The minimum atomic E-state index is 0.286. The summed E-state index contributed by atoms with van der Waals surface area (Å²) < 4.78 is 2.22. The molecular formula is C12H16ClN3S. The van der Waals surface area contributed by atoms with Gasteiger partial charge in [0.25, 0.3) is 0 Å². The molecule has 0 spiro atoms. The van der Waals surface area contributed by atoms with E-state index < -0.39 is 0 Å². The summed E-state index contributed by atoms with van der Waals surface area (Å²) in [6.45, 7) is 4.30. The normalized spacial score (nSPS) is 12.9. The molecule has 17 heavy (non-hydrogen) atoms. The zero-order chi connectivity index (χ0) is 12.3. The van der Waals surface area contributed by atoms with Crippen LogP contribution < -0.4 is 0 Å². The van der Waals surface area contributed by atoms with E-state index in [4.69, 9.17) is 11.6 Å². The third-order valence-electron chi connectivity index (χ3n) is 2.78. The fourth-order valence-corrected chi connectivity index (χ4v) is 3.16. The van der Waals surface area contributed by atoms with Crippen molar-refractivity contribution in [1.82, 2.24) is 14.5 Å². The van der Waals surface area contributed by atoms with Crippen LogP contribution in [0.5, 0.6) is 0 Å². The van der Waals surface area contributed by atoms with Gasteiger partial charge in [-0.1, -0.05) is 13.8 Å². The van der Waals surface area contributed by atoms with Crippen molar-refractivity contribution >= 4 is 22.9 Å². The molecule has 0 aliphatic heterocycles. The van der Waals surface area contributed by atoms with Crippen molar-refractivity contribution in [2.24, 2.45) is 0 Å². The molecule has 1 unspecified atom stereocenters. The molecule has 0 amide bonds. The second kappa shape index (κ2) is 5.65. The molecule has 0 saturated carbocycles. The fraction of sp³-hybridized carbons (Fsp3) is 0.500. The first kappa shape index (κ1) is 12.6. The Bertz CT molecular complexity index is 478. The van der Waals surface area contributed by atoms with E-state index in [9.17, 15) is 0 Å². The smallest absolute Gasteiger partial charge is 0.116 e. The van der Waals surface area contributed by atoms with Crippen LogP contribution in [0.4, 0.5) is 0 Å². The predicted octanol–water partition coefficient (Wildman–Crippen LogP) is 3.64. The molecule has 2 rings (SSSR count). The van der Waals surface area contributed by atoms with Gasteiger partial charge in [0.05, 0.1) is 17.6 Å². The van der Waals surface area contributed by atoms with Gasteiger partial charge in [0.2, 0.25) is 0 Å². The number of alkyl halides is 1. The minimum Gasteiger partial charge on any atom is -0.325 e. The molecule has 2 aromatic heterocycles. The molecule has 92 valence electrons. The molecule has 0 aromatic carbocycles. The summed E-state index contributed by atoms with van der Waals surface area (Å²) in [5.41, 5.74) is 0.961. The van der Waals surface area contributed by atoms with E-state index in [0.29, 0.717) is 5.88 Å². The number of halogens is 1. The van der Waals surface area contributed by atoms with Gasteiger partial charge >= 0.3 is 0 Å². The number of rotatable bonds is 5. The van der Waals surface area contributed by atoms with Gasteiger partial charge in [-0.25, -0.2) is 9.97 Å². The standard InChI is InChI=1S/C12H16ClN3S/c1-3-10(12-15-9(7-13)8-17-12)16-6-5-14-11(16)4-2/h5-6,8,10H,3-4,7H2,1-2H3. The highest BCUT2D eigenvalue weighted by molar-refractivity contribution is 7.09. The van der Waals surface area contributed by atoms with E-state index in [1.54, 1.807) is 11.3 Å². The van der Waals surface area contributed by atoms with Gasteiger partial charge in [-0.3, -0.25) is 0 Å². The Kier molecular flexibility index (Phi) is 4.18. The van der Waals surface area contributed by atoms with Crippen molar-refractivity contribution in [2.75, 3.05) is 0 Å². The van der Waals surface area contributed by atoms with Gasteiger partial charge in [-0.2, -0.15) is 0 Å². The maximum atomic E-state index is 5.80. The van der Waals surface area contributed by atoms with E-state index in [1.807, 2.05) is 17.8 Å². The molecule has 2 heterocycles.